The van der Waals surface area contributed by atoms with Crippen molar-refractivity contribution in [3.8, 4) is 5.75 Å². The van der Waals surface area contributed by atoms with E-state index in [2.05, 4.69) is 0 Å². The zero-order valence-corrected chi connectivity index (χ0v) is 12.2. The lowest BCUT2D eigenvalue weighted by atomic mass is 9.88. The fourth-order valence-electron chi connectivity index (χ4n) is 2.49. The molecule has 3 rings (SSSR count). The molecule has 5 heteroatoms. The van der Waals surface area contributed by atoms with Crippen molar-refractivity contribution in [1.82, 2.24) is 0 Å². The molecule has 0 saturated carbocycles. The fourth-order valence-corrected chi connectivity index (χ4v) is 2.49. The molecule has 0 amide bonds. The number of ketones is 1. The van der Waals surface area contributed by atoms with E-state index in [-0.39, 0.29) is 5.78 Å². The summed E-state index contributed by atoms with van der Waals surface area (Å²) in [5.41, 5.74) is 0.397. The number of esters is 1. The van der Waals surface area contributed by atoms with Crippen LogP contribution >= 0.6 is 0 Å². The van der Waals surface area contributed by atoms with E-state index in [9.17, 15) is 9.59 Å². The molecule has 5 nitrogen and oxygen atoms in total. The molecule has 0 fully saturated rings. The molecule has 112 valence electrons. The van der Waals surface area contributed by atoms with Crippen LogP contribution in [0.4, 0.5) is 0 Å². The number of hydrogen-bond acceptors (Lipinski definition) is 5. The molecule has 2 aromatic rings. The van der Waals surface area contributed by atoms with Gasteiger partial charge in [0.15, 0.2) is 11.2 Å². The van der Waals surface area contributed by atoms with Gasteiger partial charge in [-0.2, -0.15) is 0 Å². The predicted octanol–water partition coefficient (Wildman–Crippen LogP) is 2.73. The average Bonchev–Trinajstić information content (AvgIpc) is 3.08. The third-order valence-corrected chi connectivity index (χ3v) is 3.75. The minimum absolute atomic E-state index is 0.338. The third-order valence-electron chi connectivity index (χ3n) is 3.75. The van der Waals surface area contributed by atoms with Crippen LogP contribution in [0.15, 0.2) is 53.4 Å². The summed E-state index contributed by atoms with van der Waals surface area (Å²) in [6.07, 6.45) is 4.34. The van der Waals surface area contributed by atoms with Crippen LogP contribution in [-0.4, -0.2) is 26.0 Å². The third kappa shape index (κ3) is 2.02. The zero-order chi connectivity index (χ0) is 15.7. The van der Waals surface area contributed by atoms with Crippen LogP contribution in [0.25, 0.3) is 5.57 Å². The van der Waals surface area contributed by atoms with E-state index < -0.39 is 11.4 Å². The smallest absolute Gasteiger partial charge is 0.328 e. The highest BCUT2D eigenvalue weighted by Crippen LogP contribution is 2.54. The van der Waals surface area contributed by atoms with Crippen molar-refractivity contribution in [2.75, 3.05) is 14.2 Å². The van der Waals surface area contributed by atoms with E-state index >= 15 is 0 Å². The molecule has 22 heavy (non-hydrogen) atoms. The van der Waals surface area contributed by atoms with E-state index in [4.69, 9.17) is 13.9 Å². The van der Waals surface area contributed by atoms with Gasteiger partial charge in [-0.25, -0.2) is 0 Å². The molecule has 0 saturated heterocycles. The first-order chi connectivity index (χ1) is 10.6. The second kappa shape index (κ2) is 5.18. The Morgan fingerprint density at radius 3 is 2.36 bits per heavy atom. The van der Waals surface area contributed by atoms with Crippen molar-refractivity contribution in [3.63, 3.8) is 0 Å². The molecule has 1 aromatic heterocycles. The number of furan rings is 1. The summed E-state index contributed by atoms with van der Waals surface area (Å²) in [7, 11) is 2.84. The zero-order valence-electron chi connectivity index (χ0n) is 12.2. The quantitative estimate of drug-likeness (QED) is 0.482. The number of Topliss-reactive ketones (excluding diaryl/α,β-unsaturated/α-hetero) is 1. The van der Waals surface area contributed by atoms with Crippen molar-refractivity contribution in [3.05, 3.63) is 60.1 Å². The Balaban J connectivity index is 1.94. The fraction of sp³-hybridized carbons (Fsp3) is 0.176. The van der Waals surface area contributed by atoms with Crippen molar-refractivity contribution in [2.45, 2.75) is 0 Å². The Morgan fingerprint density at radius 2 is 1.82 bits per heavy atom. The van der Waals surface area contributed by atoms with Crippen molar-refractivity contribution in [2.24, 2.45) is 5.41 Å². The highest BCUT2D eigenvalue weighted by Gasteiger charge is 2.59. The molecule has 0 N–H and O–H groups in total. The first-order valence-corrected chi connectivity index (χ1v) is 6.66. The van der Waals surface area contributed by atoms with E-state index in [0.717, 1.165) is 5.56 Å². The Morgan fingerprint density at radius 1 is 1.09 bits per heavy atom. The van der Waals surface area contributed by atoms with Crippen molar-refractivity contribution >= 4 is 17.3 Å². The summed E-state index contributed by atoms with van der Waals surface area (Å²) < 4.78 is 14.9. The summed E-state index contributed by atoms with van der Waals surface area (Å²) in [4.78, 5) is 24.8. The summed E-state index contributed by atoms with van der Waals surface area (Å²) in [6, 6.07) is 8.69. The predicted molar refractivity (Wildman–Crippen MR) is 78.5 cm³/mol. The Labute approximate surface area is 127 Å². The maximum absolute atomic E-state index is 12.7. The van der Waals surface area contributed by atoms with Gasteiger partial charge in [0.1, 0.15) is 12.0 Å². The molecule has 0 aliphatic heterocycles. The van der Waals surface area contributed by atoms with Crippen LogP contribution < -0.4 is 4.74 Å². The first kappa shape index (κ1) is 14.1. The lowest BCUT2D eigenvalue weighted by Crippen LogP contribution is -2.30. The molecule has 1 aliphatic carbocycles. The molecule has 1 aliphatic rings. The normalized spacial score (nSPS) is 19.3. The maximum atomic E-state index is 12.7. The van der Waals surface area contributed by atoms with E-state index in [1.165, 1.54) is 25.7 Å². The van der Waals surface area contributed by atoms with Gasteiger partial charge >= 0.3 is 5.97 Å². The van der Waals surface area contributed by atoms with E-state index in [1.807, 2.05) is 0 Å². The number of methoxy groups -OCH3 is 2. The van der Waals surface area contributed by atoms with Crippen molar-refractivity contribution < 1.29 is 23.5 Å². The van der Waals surface area contributed by atoms with Gasteiger partial charge in [0.2, 0.25) is 0 Å². The van der Waals surface area contributed by atoms with Gasteiger partial charge < -0.3 is 13.9 Å². The van der Waals surface area contributed by atoms with E-state index in [0.29, 0.717) is 16.9 Å². The highest BCUT2D eigenvalue weighted by molar-refractivity contribution is 6.29. The molecule has 0 spiro atoms. The number of rotatable bonds is 5. The number of hydrogen-bond donors (Lipinski definition) is 0. The molecule has 0 bridgehead atoms. The van der Waals surface area contributed by atoms with Gasteiger partial charge in [0, 0.05) is 0 Å². The van der Waals surface area contributed by atoms with Crippen LogP contribution in [0, 0.1) is 5.41 Å². The molecule has 1 unspecified atom stereocenters. The van der Waals surface area contributed by atoms with Crippen molar-refractivity contribution in [1.29, 1.82) is 0 Å². The van der Waals surface area contributed by atoms with Gasteiger partial charge in [0.05, 0.1) is 26.0 Å². The number of ether oxygens (including phenoxy) is 2. The van der Waals surface area contributed by atoms with Gasteiger partial charge in [-0.15, -0.1) is 0 Å². The average molecular weight is 298 g/mol. The summed E-state index contributed by atoms with van der Waals surface area (Å²) in [6.45, 7) is 0. The summed E-state index contributed by atoms with van der Waals surface area (Å²) in [5.74, 6) is -0.238. The molecule has 1 atom stereocenters. The standard InChI is InChI=1S/C17H14O5/c1-20-13-5-3-11(4-6-13)14-9-17(14,16(19)21-2)15(18)12-7-8-22-10-12/h3-10H,1-2H3. The Bertz CT molecular complexity index is 740. The molecular weight excluding hydrogens is 284 g/mol. The summed E-state index contributed by atoms with van der Waals surface area (Å²) >= 11 is 0. The van der Waals surface area contributed by atoms with Crippen LogP contribution in [0.1, 0.15) is 15.9 Å². The topological polar surface area (TPSA) is 65.7 Å². The number of carbonyl (C=O) groups is 2. The highest BCUT2D eigenvalue weighted by atomic mass is 16.5. The maximum Gasteiger partial charge on any atom is 0.328 e. The number of carbonyl (C=O) groups excluding carboxylic acids is 2. The minimum Gasteiger partial charge on any atom is -0.497 e. The monoisotopic (exact) mass is 298 g/mol. The van der Waals surface area contributed by atoms with Gasteiger partial charge in [-0.1, -0.05) is 12.1 Å². The Hall–Kier alpha value is -2.82. The largest absolute Gasteiger partial charge is 0.497 e. The van der Waals surface area contributed by atoms with Crippen LogP contribution in [-0.2, 0) is 9.53 Å². The Kier molecular flexibility index (Phi) is 3.33. The van der Waals surface area contributed by atoms with Gasteiger partial charge in [0.25, 0.3) is 0 Å². The second-order valence-electron chi connectivity index (χ2n) is 4.93. The van der Waals surface area contributed by atoms with Crippen LogP contribution in [0.2, 0.25) is 0 Å². The SMILES string of the molecule is COC(=O)C1(C(=O)c2ccoc2)C=C1c1ccc(OC)cc1. The molecular formula is C17H14O5. The van der Waals surface area contributed by atoms with Crippen LogP contribution in [0.5, 0.6) is 5.75 Å². The van der Waals surface area contributed by atoms with Crippen LogP contribution in [0.3, 0.4) is 0 Å². The molecule has 1 heterocycles. The lowest BCUT2D eigenvalue weighted by molar-refractivity contribution is -0.143. The molecule has 0 radical (unpaired) electrons. The van der Waals surface area contributed by atoms with Gasteiger partial charge in [-0.05, 0) is 35.4 Å². The van der Waals surface area contributed by atoms with E-state index in [1.54, 1.807) is 37.5 Å². The number of benzene rings is 1. The summed E-state index contributed by atoms with van der Waals surface area (Å²) in [5, 5.41) is 0. The minimum atomic E-state index is -1.35. The second-order valence-corrected chi connectivity index (χ2v) is 4.93. The first-order valence-electron chi connectivity index (χ1n) is 6.66. The van der Waals surface area contributed by atoms with Gasteiger partial charge in [-0.3, -0.25) is 9.59 Å². The molecule has 1 aromatic carbocycles. The lowest BCUT2D eigenvalue weighted by Gasteiger charge is -2.14.